The standard InChI is InChI=1S/C19H22F2N8O/c1-11(2)28-10-15(17(27-28)18(20)21)25-19(30)14-9-24-29(26-14)13-5-6-22-16(7-13)23-8-12-3-4-12/h5-7,9-12,18H,3-4,8H2,1-2H3,(H,22,23)(H,25,30). The van der Waals surface area contributed by atoms with Gasteiger partial charge in [-0.25, -0.2) is 13.8 Å². The van der Waals surface area contributed by atoms with Gasteiger partial charge in [-0.05, 0) is 38.7 Å². The van der Waals surface area contributed by atoms with Crippen LogP contribution < -0.4 is 10.6 Å². The average molecular weight is 416 g/mol. The number of aromatic nitrogens is 6. The van der Waals surface area contributed by atoms with Crippen molar-refractivity contribution in [3.05, 3.63) is 42.1 Å². The molecule has 3 heterocycles. The summed E-state index contributed by atoms with van der Waals surface area (Å²) in [5.41, 5.74) is 0.0961. The van der Waals surface area contributed by atoms with E-state index in [9.17, 15) is 13.6 Å². The van der Waals surface area contributed by atoms with E-state index in [4.69, 9.17) is 0 Å². The van der Waals surface area contributed by atoms with Crippen LogP contribution in [0.4, 0.5) is 20.3 Å². The molecule has 1 aliphatic carbocycles. The number of rotatable bonds is 8. The first kappa shape index (κ1) is 19.9. The number of hydrogen-bond acceptors (Lipinski definition) is 6. The van der Waals surface area contributed by atoms with Gasteiger partial charge in [-0.1, -0.05) is 0 Å². The van der Waals surface area contributed by atoms with E-state index in [0.717, 1.165) is 6.54 Å². The molecule has 0 saturated heterocycles. The Hall–Kier alpha value is -3.37. The number of alkyl halides is 2. The molecular formula is C19H22F2N8O. The van der Waals surface area contributed by atoms with Crippen molar-refractivity contribution in [3.8, 4) is 5.69 Å². The molecule has 1 amide bonds. The number of hydrogen-bond donors (Lipinski definition) is 2. The molecular weight excluding hydrogens is 394 g/mol. The van der Waals surface area contributed by atoms with Gasteiger partial charge < -0.3 is 10.6 Å². The summed E-state index contributed by atoms with van der Waals surface area (Å²) in [7, 11) is 0. The van der Waals surface area contributed by atoms with Gasteiger partial charge in [0.1, 0.15) is 5.82 Å². The normalized spacial score (nSPS) is 13.8. The quantitative estimate of drug-likeness (QED) is 0.583. The highest BCUT2D eigenvalue weighted by Crippen LogP contribution is 2.29. The van der Waals surface area contributed by atoms with Crippen LogP contribution in [0.5, 0.6) is 0 Å². The smallest absolute Gasteiger partial charge is 0.284 e. The Labute approximate surface area is 171 Å². The van der Waals surface area contributed by atoms with Crippen LogP contribution in [0.15, 0.2) is 30.7 Å². The van der Waals surface area contributed by atoms with Crippen LogP contribution in [0, 0.1) is 5.92 Å². The molecule has 0 unspecified atom stereocenters. The lowest BCUT2D eigenvalue weighted by Gasteiger charge is -2.06. The topological polar surface area (TPSA) is 103 Å². The van der Waals surface area contributed by atoms with E-state index in [2.05, 4.69) is 30.9 Å². The van der Waals surface area contributed by atoms with Gasteiger partial charge in [0.25, 0.3) is 12.3 Å². The number of carbonyl (C=O) groups excluding carboxylic acids is 1. The summed E-state index contributed by atoms with van der Waals surface area (Å²) in [4.78, 5) is 18.1. The third kappa shape index (κ3) is 4.44. The predicted molar refractivity (Wildman–Crippen MR) is 106 cm³/mol. The summed E-state index contributed by atoms with van der Waals surface area (Å²) in [5.74, 6) is 0.754. The van der Waals surface area contributed by atoms with Crippen LogP contribution in [0.25, 0.3) is 5.69 Å². The highest BCUT2D eigenvalue weighted by Gasteiger charge is 2.23. The molecule has 3 aromatic heterocycles. The molecule has 2 N–H and O–H groups in total. The second-order valence-electron chi connectivity index (χ2n) is 7.50. The molecule has 1 aliphatic rings. The van der Waals surface area contributed by atoms with E-state index in [-0.39, 0.29) is 17.4 Å². The number of halogens is 2. The maximum Gasteiger partial charge on any atom is 0.284 e. The lowest BCUT2D eigenvalue weighted by molar-refractivity contribution is 0.102. The van der Waals surface area contributed by atoms with E-state index in [1.54, 1.807) is 18.3 Å². The fraction of sp³-hybridized carbons (Fsp3) is 0.421. The molecule has 0 radical (unpaired) electrons. The van der Waals surface area contributed by atoms with Crippen LogP contribution in [0.3, 0.4) is 0 Å². The van der Waals surface area contributed by atoms with Crippen molar-refractivity contribution in [3.63, 3.8) is 0 Å². The summed E-state index contributed by atoms with van der Waals surface area (Å²) >= 11 is 0. The molecule has 11 heteroatoms. The van der Waals surface area contributed by atoms with Crippen molar-refractivity contribution in [1.29, 1.82) is 0 Å². The van der Waals surface area contributed by atoms with Crippen molar-refractivity contribution in [2.45, 2.75) is 39.2 Å². The van der Waals surface area contributed by atoms with Crippen LogP contribution in [0.1, 0.15) is 55.3 Å². The van der Waals surface area contributed by atoms with Crippen LogP contribution >= 0.6 is 0 Å². The van der Waals surface area contributed by atoms with Crippen molar-refractivity contribution >= 4 is 17.4 Å². The third-order valence-corrected chi connectivity index (χ3v) is 4.71. The molecule has 4 rings (SSSR count). The Bertz CT molecular complexity index is 1040. The Kier molecular flexibility index (Phi) is 5.42. The van der Waals surface area contributed by atoms with E-state index < -0.39 is 18.0 Å². The molecule has 0 bridgehead atoms. The van der Waals surface area contributed by atoms with Crippen molar-refractivity contribution in [1.82, 2.24) is 29.8 Å². The molecule has 3 aromatic rings. The monoisotopic (exact) mass is 416 g/mol. The van der Waals surface area contributed by atoms with Gasteiger partial charge in [-0.3, -0.25) is 9.48 Å². The van der Waals surface area contributed by atoms with Crippen LogP contribution in [0.2, 0.25) is 0 Å². The summed E-state index contributed by atoms with van der Waals surface area (Å²) in [6.07, 6.45) is 3.94. The summed E-state index contributed by atoms with van der Waals surface area (Å²) in [6.45, 7) is 4.48. The highest BCUT2D eigenvalue weighted by atomic mass is 19.3. The molecule has 1 fully saturated rings. The molecule has 1 saturated carbocycles. The number of carbonyl (C=O) groups is 1. The lowest BCUT2D eigenvalue weighted by atomic mass is 10.3. The zero-order chi connectivity index (χ0) is 21.3. The van der Waals surface area contributed by atoms with E-state index in [1.165, 1.54) is 34.7 Å². The molecule has 0 spiro atoms. The van der Waals surface area contributed by atoms with Crippen molar-refractivity contribution in [2.75, 3.05) is 17.2 Å². The van der Waals surface area contributed by atoms with Crippen LogP contribution in [-0.4, -0.2) is 42.2 Å². The van der Waals surface area contributed by atoms with E-state index in [0.29, 0.717) is 17.4 Å². The van der Waals surface area contributed by atoms with Gasteiger partial charge in [-0.15, -0.1) is 5.10 Å². The number of pyridine rings is 1. The molecule has 30 heavy (non-hydrogen) atoms. The van der Waals surface area contributed by atoms with E-state index in [1.807, 2.05) is 13.8 Å². The zero-order valence-corrected chi connectivity index (χ0v) is 16.6. The zero-order valence-electron chi connectivity index (χ0n) is 16.6. The SMILES string of the molecule is CC(C)n1cc(NC(=O)c2cnn(-c3ccnc(NCC4CC4)c3)n2)c(C(F)F)n1. The summed E-state index contributed by atoms with van der Waals surface area (Å²) < 4.78 is 27.9. The number of nitrogens with zero attached hydrogens (tertiary/aromatic N) is 6. The second-order valence-corrected chi connectivity index (χ2v) is 7.50. The van der Waals surface area contributed by atoms with Crippen molar-refractivity contribution < 1.29 is 13.6 Å². The molecule has 158 valence electrons. The van der Waals surface area contributed by atoms with Gasteiger partial charge in [0.15, 0.2) is 11.4 Å². The second kappa shape index (κ2) is 8.17. The summed E-state index contributed by atoms with van der Waals surface area (Å²) in [6, 6.07) is 3.38. The van der Waals surface area contributed by atoms with Gasteiger partial charge in [0.2, 0.25) is 0 Å². The van der Waals surface area contributed by atoms with Crippen LogP contribution in [-0.2, 0) is 0 Å². The summed E-state index contributed by atoms with van der Waals surface area (Å²) in [5, 5.41) is 17.8. The van der Waals surface area contributed by atoms with Gasteiger partial charge in [-0.2, -0.15) is 15.0 Å². The first-order valence-corrected chi connectivity index (χ1v) is 9.72. The minimum atomic E-state index is -2.81. The highest BCUT2D eigenvalue weighted by molar-refractivity contribution is 6.02. The fourth-order valence-electron chi connectivity index (χ4n) is 2.82. The Morgan fingerprint density at radius 2 is 2.10 bits per heavy atom. The maximum absolute atomic E-state index is 13.3. The third-order valence-electron chi connectivity index (χ3n) is 4.71. The molecule has 0 atom stereocenters. The molecule has 9 nitrogen and oxygen atoms in total. The number of nitrogens with one attached hydrogen (secondary N) is 2. The van der Waals surface area contributed by atoms with Crippen molar-refractivity contribution in [2.24, 2.45) is 5.92 Å². The largest absolute Gasteiger partial charge is 0.370 e. The number of anilines is 2. The molecule has 0 aliphatic heterocycles. The predicted octanol–water partition coefficient (Wildman–Crippen LogP) is 3.45. The minimum absolute atomic E-state index is 0.00295. The Morgan fingerprint density at radius 1 is 1.30 bits per heavy atom. The molecule has 0 aromatic carbocycles. The lowest BCUT2D eigenvalue weighted by Crippen LogP contribution is -2.14. The fourth-order valence-corrected chi connectivity index (χ4v) is 2.82. The average Bonchev–Trinajstić information content (AvgIpc) is 3.23. The van der Waals surface area contributed by atoms with Gasteiger partial charge in [0, 0.05) is 31.0 Å². The van der Waals surface area contributed by atoms with E-state index >= 15 is 0 Å². The Balaban J connectivity index is 1.49. The first-order valence-electron chi connectivity index (χ1n) is 9.72. The first-order chi connectivity index (χ1) is 14.4. The Morgan fingerprint density at radius 3 is 2.80 bits per heavy atom. The van der Waals surface area contributed by atoms with Gasteiger partial charge >= 0.3 is 0 Å². The maximum atomic E-state index is 13.3. The van der Waals surface area contributed by atoms with Gasteiger partial charge in [0.05, 0.1) is 17.6 Å². The minimum Gasteiger partial charge on any atom is -0.370 e. The number of amides is 1.